The minimum Gasteiger partial charge on any atom is -0.394 e. The van der Waals surface area contributed by atoms with Crippen LogP contribution in [0.4, 0.5) is 11.5 Å². The Balaban J connectivity index is 1.32. The lowest BCUT2D eigenvalue weighted by molar-refractivity contribution is -0.121. The second kappa shape index (κ2) is 11.4. The first-order valence-electron chi connectivity index (χ1n) is 12.6. The number of morpholine rings is 1. The number of hydrogen-bond donors (Lipinski definition) is 3. The number of carbonyl (C=O) groups excluding carboxylic acids is 2. The summed E-state index contributed by atoms with van der Waals surface area (Å²) in [7, 11) is 0. The predicted octanol–water partition coefficient (Wildman–Crippen LogP) is 1.68. The molecule has 11 nitrogen and oxygen atoms in total. The Morgan fingerprint density at radius 3 is 2.76 bits per heavy atom. The molecule has 1 aromatic carbocycles. The van der Waals surface area contributed by atoms with E-state index < -0.39 is 0 Å². The number of carbonyl (C=O) groups is 2. The Bertz CT molecular complexity index is 1310. The van der Waals surface area contributed by atoms with Crippen LogP contribution in [0.15, 0.2) is 61.2 Å². The molecule has 11 heteroatoms. The van der Waals surface area contributed by atoms with Crippen molar-refractivity contribution in [3.05, 3.63) is 78.1 Å². The van der Waals surface area contributed by atoms with Crippen molar-refractivity contribution in [1.29, 1.82) is 0 Å². The van der Waals surface area contributed by atoms with E-state index in [1.807, 2.05) is 41.2 Å². The van der Waals surface area contributed by atoms with E-state index in [0.29, 0.717) is 44.4 Å². The van der Waals surface area contributed by atoms with Gasteiger partial charge in [0.15, 0.2) is 5.82 Å². The summed E-state index contributed by atoms with van der Waals surface area (Å²) in [6, 6.07) is 11.1. The molecule has 2 amide bonds. The molecule has 3 aromatic rings. The highest BCUT2D eigenvalue weighted by Gasteiger charge is 2.21. The van der Waals surface area contributed by atoms with Gasteiger partial charge in [-0.15, -0.1) is 0 Å². The molecule has 0 bridgehead atoms. The van der Waals surface area contributed by atoms with Crippen molar-refractivity contribution in [3.8, 4) is 0 Å². The molecule has 2 aliphatic rings. The average molecular weight is 518 g/mol. The highest BCUT2D eigenvalue weighted by molar-refractivity contribution is 5.94. The van der Waals surface area contributed by atoms with Gasteiger partial charge in [0.05, 0.1) is 37.5 Å². The third kappa shape index (κ3) is 5.84. The summed E-state index contributed by atoms with van der Waals surface area (Å²) in [4.78, 5) is 37.8. The fourth-order valence-corrected chi connectivity index (χ4v) is 4.41. The molecule has 5 rings (SSSR count). The molecule has 4 heterocycles. The van der Waals surface area contributed by atoms with Crippen molar-refractivity contribution in [3.63, 3.8) is 0 Å². The Morgan fingerprint density at radius 2 is 2.00 bits per heavy atom. The summed E-state index contributed by atoms with van der Waals surface area (Å²) < 4.78 is 7.34. The zero-order chi connectivity index (χ0) is 26.5. The lowest BCUT2D eigenvalue weighted by atomic mass is 10.1. The smallest absolute Gasteiger partial charge is 0.255 e. The molecule has 0 saturated carbocycles. The van der Waals surface area contributed by atoms with Crippen LogP contribution in [0.2, 0.25) is 0 Å². The Kier molecular flexibility index (Phi) is 7.66. The van der Waals surface area contributed by atoms with E-state index >= 15 is 0 Å². The molecule has 1 atom stereocenters. The Morgan fingerprint density at radius 1 is 1.16 bits per heavy atom. The number of ether oxygens (including phenoxy) is 1. The molecular formula is C27H31N7O4. The normalized spacial score (nSPS) is 15.9. The topological polar surface area (TPSA) is 125 Å². The van der Waals surface area contributed by atoms with Crippen LogP contribution < -0.4 is 15.5 Å². The fourth-order valence-electron chi connectivity index (χ4n) is 4.41. The second-order valence-corrected chi connectivity index (χ2v) is 9.33. The van der Waals surface area contributed by atoms with Gasteiger partial charge in [-0.05, 0) is 36.8 Å². The summed E-state index contributed by atoms with van der Waals surface area (Å²) in [5, 5.41) is 15.3. The van der Waals surface area contributed by atoms with Crippen LogP contribution >= 0.6 is 0 Å². The van der Waals surface area contributed by atoms with E-state index in [4.69, 9.17) is 4.74 Å². The van der Waals surface area contributed by atoms with Gasteiger partial charge in [-0.3, -0.25) is 9.59 Å². The monoisotopic (exact) mass is 517 g/mol. The Hall–Kier alpha value is -4.22. The van der Waals surface area contributed by atoms with E-state index in [0.717, 1.165) is 22.8 Å². The number of nitrogens with zero attached hydrogens (tertiary/aromatic N) is 5. The van der Waals surface area contributed by atoms with Crippen molar-refractivity contribution in [2.45, 2.75) is 26.1 Å². The average Bonchev–Trinajstić information content (AvgIpc) is 3.43. The predicted molar refractivity (Wildman–Crippen MR) is 142 cm³/mol. The lowest BCUT2D eigenvalue weighted by Gasteiger charge is -2.29. The van der Waals surface area contributed by atoms with Crippen molar-refractivity contribution in [2.75, 3.05) is 43.1 Å². The van der Waals surface area contributed by atoms with Crippen LogP contribution in [0.3, 0.4) is 0 Å². The number of pyridine rings is 1. The summed E-state index contributed by atoms with van der Waals surface area (Å²) >= 11 is 0. The molecule has 0 aliphatic carbocycles. The third-order valence-corrected chi connectivity index (χ3v) is 6.41. The number of hydrogen-bond acceptors (Lipinski definition) is 8. The van der Waals surface area contributed by atoms with E-state index in [-0.39, 0.29) is 30.9 Å². The number of imidazole rings is 1. The summed E-state index contributed by atoms with van der Waals surface area (Å²) in [5.74, 6) is 1.17. The number of benzene rings is 1. The summed E-state index contributed by atoms with van der Waals surface area (Å²) in [6.45, 7) is 4.47. The third-order valence-electron chi connectivity index (χ3n) is 6.41. The van der Waals surface area contributed by atoms with Crippen LogP contribution in [-0.2, 0) is 22.6 Å². The summed E-state index contributed by atoms with van der Waals surface area (Å²) in [6.07, 6.45) is 7.41. The molecule has 0 unspecified atom stereocenters. The number of rotatable bonds is 8. The van der Waals surface area contributed by atoms with Gasteiger partial charge < -0.3 is 34.8 Å². The van der Waals surface area contributed by atoms with E-state index in [2.05, 4.69) is 25.5 Å². The van der Waals surface area contributed by atoms with Gasteiger partial charge in [0, 0.05) is 49.6 Å². The molecule has 0 radical (unpaired) electrons. The zero-order valence-electron chi connectivity index (χ0n) is 21.2. The highest BCUT2D eigenvalue weighted by atomic mass is 16.5. The van der Waals surface area contributed by atoms with Gasteiger partial charge in [0.25, 0.3) is 5.91 Å². The highest BCUT2D eigenvalue weighted by Crippen LogP contribution is 2.27. The van der Waals surface area contributed by atoms with Crippen LogP contribution in [0, 0.1) is 0 Å². The minimum absolute atomic E-state index is 0.0506. The standard InChI is InChI=1S/C27H31N7O4/c1-19(17-35)30-25(36)14-20-3-2-4-22(13-20)34-16-23(26-28-7-8-33(26)18-34)31-24-6-5-21(15-29-24)27(37)32-9-11-38-12-10-32/h2-8,13,15-16,19,35H,9-12,14,17-18H2,1H3,(H,29,31)(H,30,36)/t19-/m1/s1. The fraction of sp³-hybridized carbons (Fsp3) is 0.333. The first-order chi connectivity index (χ1) is 18.5. The lowest BCUT2D eigenvalue weighted by Crippen LogP contribution is -2.40. The SMILES string of the molecule is C[C@H](CO)NC(=O)Cc1cccc(N2C=C(Nc3ccc(C(=O)N4CCOCC4)cn3)c3nccn3C2)c1. The van der Waals surface area contributed by atoms with Crippen molar-refractivity contribution in [1.82, 2.24) is 24.8 Å². The summed E-state index contributed by atoms with van der Waals surface area (Å²) in [5.41, 5.74) is 3.07. The van der Waals surface area contributed by atoms with Gasteiger partial charge in [0.1, 0.15) is 12.5 Å². The van der Waals surface area contributed by atoms with Crippen LogP contribution in [0.1, 0.15) is 28.7 Å². The molecule has 2 aliphatic heterocycles. The van der Waals surface area contributed by atoms with Crippen LogP contribution in [-0.4, -0.2) is 75.3 Å². The van der Waals surface area contributed by atoms with Crippen molar-refractivity contribution in [2.24, 2.45) is 0 Å². The number of aromatic nitrogens is 3. The van der Waals surface area contributed by atoms with E-state index in [1.165, 1.54) is 0 Å². The molecule has 2 aromatic heterocycles. The number of aliphatic hydroxyl groups is 1. The zero-order valence-corrected chi connectivity index (χ0v) is 21.2. The molecule has 1 fully saturated rings. The van der Waals surface area contributed by atoms with Gasteiger partial charge in [0.2, 0.25) is 5.91 Å². The number of amides is 2. The van der Waals surface area contributed by atoms with Gasteiger partial charge in [-0.25, -0.2) is 9.97 Å². The quantitative estimate of drug-likeness (QED) is 0.412. The van der Waals surface area contributed by atoms with Crippen molar-refractivity contribution < 1.29 is 19.4 Å². The first-order valence-corrected chi connectivity index (χ1v) is 12.6. The van der Waals surface area contributed by atoms with Crippen LogP contribution in [0.5, 0.6) is 0 Å². The number of aliphatic hydroxyl groups excluding tert-OH is 1. The maximum Gasteiger partial charge on any atom is 0.255 e. The maximum absolute atomic E-state index is 12.7. The molecule has 198 valence electrons. The van der Waals surface area contributed by atoms with E-state index in [9.17, 15) is 14.7 Å². The number of nitrogens with one attached hydrogen (secondary N) is 2. The minimum atomic E-state index is -0.288. The molecular weight excluding hydrogens is 486 g/mol. The molecule has 38 heavy (non-hydrogen) atoms. The van der Waals surface area contributed by atoms with Crippen LogP contribution in [0.25, 0.3) is 5.70 Å². The molecule has 3 N–H and O–H groups in total. The Labute approximate surface area is 220 Å². The molecule has 1 saturated heterocycles. The second-order valence-electron chi connectivity index (χ2n) is 9.33. The van der Waals surface area contributed by atoms with Gasteiger partial charge in [-0.2, -0.15) is 0 Å². The van der Waals surface area contributed by atoms with Gasteiger partial charge >= 0.3 is 0 Å². The van der Waals surface area contributed by atoms with E-state index in [1.54, 1.807) is 36.4 Å². The number of fused-ring (bicyclic) bond motifs is 1. The molecule has 0 spiro atoms. The largest absolute Gasteiger partial charge is 0.394 e. The van der Waals surface area contributed by atoms with Crippen molar-refractivity contribution >= 4 is 29.0 Å². The maximum atomic E-state index is 12.7. The number of anilines is 2. The first kappa shape index (κ1) is 25.4. The van der Waals surface area contributed by atoms with Gasteiger partial charge in [-0.1, -0.05) is 12.1 Å².